The van der Waals surface area contributed by atoms with Gasteiger partial charge in [-0.05, 0) is 45.0 Å². The highest BCUT2D eigenvalue weighted by atomic mass is 32.2. The molecule has 0 bridgehead atoms. The molecule has 4 nitrogen and oxygen atoms in total. The van der Waals surface area contributed by atoms with E-state index in [0.717, 1.165) is 26.5 Å². The first-order valence-corrected chi connectivity index (χ1v) is 8.45. The van der Waals surface area contributed by atoms with E-state index >= 15 is 0 Å². The first-order valence-electron chi connectivity index (χ1n) is 6.89. The summed E-state index contributed by atoms with van der Waals surface area (Å²) in [4.78, 5) is 8.75. The molecule has 2 heterocycles. The number of fused-ring (bicyclic) bond motifs is 1. The lowest BCUT2D eigenvalue weighted by molar-refractivity contribution is 0.615. The Bertz CT molecular complexity index is 791. The zero-order valence-corrected chi connectivity index (χ0v) is 14.3. The standard InChI is InChI=1S/C16H17N3OS2/c1-16(2,3)22-20-11-5-6-12-13(8-11)21-15(19-12)10-4-7-14(17)18-9-10/h4-9H,1-3H3,(H2,17,18). The van der Waals surface area contributed by atoms with Crippen molar-refractivity contribution >= 4 is 39.4 Å². The number of benzene rings is 1. The zero-order valence-electron chi connectivity index (χ0n) is 12.7. The van der Waals surface area contributed by atoms with Gasteiger partial charge < -0.3 is 9.92 Å². The van der Waals surface area contributed by atoms with Crippen molar-refractivity contribution in [3.63, 3.8) is 0 Å². The van der Waals surface area contributed by atoms with Crippen LogP contribution in [0.5, 0.6) is 5.75 Å². The number of nitrogen functional groups attached to an aromatic ring is 1. The molecule has 3 aromatic rings. The van der Waals surface area contributed by atoms with Crippen molar-refractivity contribution in [2.75, 3.05) is 5.73 Å². The van der Waals surface area contributed by atoms with Crippen LogP contribution >= 0.6 is 23.4 Å². The molecule has 2 aromatic heterocycles. The average Bonchev–Trinajstić information content (AvgIpc) is 2.88. The van der Waals surface area contributed by atoms with Crippen molar-refractivity contribution in [2.24, 2.45) is 0 Å². The molecule has 0 unspecified atom stereocenters. The molecule has 0 saturated carbocycles. The number of nitrogens with zero attached hydrogens (tertiary/aromatic N) is 2. The SMILES string of the molecule is CC(C)(C)SOc1ccc2nc(-c3ccc(N)nc3)sc2c1. The van der Waals surface area contributed by atoms with E-state index < -0.39 is 0 Å². The molecular formula is C16H17N3OS2. The van der Waals surface area contributed by atoms with Gasteiger partial charge in [-0.15, -0.1) is 11.3 Å². The van der Waals surface area contributed by atoms with Crippen molar-refractivity contribution in [3.05, 3.63) is 36.5 Å². The van der Waals surface area contributed by atoms with E-state index in [1.54, 1.807) is 23.6 Å². The fraction of sp³-hybridized carbons (Fsp3) is 0.250. The van der Waals surface area contributed by atoms with Crippen LogP contribution in [0.2, 0.25) is 0 Å². The molecule has 0 saturated heterocycles. The molecule has 114 valence electrons. The van der Waals surface area contributed by atoms with E-state index in [1.165, 1.54) is 12.0 Å². The van der Waals surface area contributed by atoms with Crippen LogP contribution in [-0.4, -0.2) is 14.7 Å². The van der Waals surface area contributed by atoms with Gasteiger partial charge in [0.25, 0.3) is 0 Å². The van der Waals surface area contributed by atoms with Gasteiger partial charge in [0.05, 0.1) is 22.3 Å². The van der Waals surface area contributed by atoms with Gasteiger partial charge in [-0.1, -0.05) is 0 Å². The van der Waals surface area contributed by atoms with E-state index in [9.17, 15) is 0 Å². The molecule has 22 heavy (non-hydrogen) atoms. The summed E-state index contributed by atoms with van der Waals surface area (Å²) in [6, 6.07) is 9.69. The Morgan fingerprint density at radius 2 is 2.00 bits per heavy atom. The maximum atomic E-state index is 5.78. The van der Waals surface area contributed by atoms with Crippen LogP contribution in [0.15, 0.2) is 36.5 Å². The van der Waals surface area contributed by atoms with Crippen molar-refractivity contribution in [2.45, 2.75) is 25.5 Å². The molecule has 0 fully saturated rings. The largest absolute Gasteiger partial charge is 0.425 e. The average molecular weight is 331 g/mol. The van der Waals surface area contributed by atoms with E-state index in [4.69, 9.17) is 9.92 Å². The summed E-state index contributed by atoms with van der Waals surface area (Å²) in [6.45, 7) is 6.36. The molecule has 0 radical (unpaired) electrons. The number of pyridine rings is 1. The maximum Gasteiger partial charge on any atom is 0.138 e. The van der Waals surface area contributed by atoms with E-state index in [0.29, 0.717) is 5.82 Å². The van der Waals surface area contributed by atoms with Crippen LogP contribution in [-0.2, 0) is 0 Å². The third kappa shape index (κ3) is 3.51. The predicted molar refractivity (Wildman–Crippen MR) is 95.2 cm³/mol. The number of hydrogen-bond donors (Lipinski definition) is 1. The first-order chi connectivity index (χ1) is 10.4. The van der Waals surface area contributed by atoms with Crippen LogP contribution in [0, 0.1) is 0 Å². The van der Waals surface area contributed by atoms with Gasteiger partial charge in [-0.2, -0.15) is 0 Å². The summed E-state index contributed by atoms with van der Waals surface area (Å²) < 4.78 is 6.93. The number of nitrogens with two attached hydrogens (primary N) is 1. The van der Waals surface area contributed by atoms with Crippen LogP contribution in [0.3, 0.4) is 0 Å². The van der Waals surface area contributed by atoms with E-state index in [2.05, 4.69) is 30.7 Å². The summed E-state index contributed by atoms with van der Waals surface area (Å²) in [5, 5.41) is 0.933. The molecule has 6 heteroatoms. The van der Waals surface area contributed by atoms with Crippen LogP contribution in [0.4, 0.5) is 5.82 Å². The second-order valence-electron chi connectivity index (χ2n) is 5.90. The Hall–Kier alpha value is -1.79. The summed E-state index contributed by atoms with van der Waals surface area (Å²) in [7, 11) is 0. The lowest BCUT2D eigenvalue weighted by atomic mass is 10.3. The topological polar surface area (TPSA) is 61.0 Å². The van der Waals surface area contributed by atoms with Crippen molar-refractivity contribution < 1.29 is 4.18 Å². The van der Waals surface area contributed by atoms with E-state index in [-0.39, 0.29) is 4.75 Å². The fourth-order valence-electron chi connectivity index (χ4n) is 1.79. The van der Waals surface area contributed by atoms with Gasteiger partial charge >= 0.3 is 0 Å². The summed E-state index contributed by atoms with van der Waals surface area (Å²) >= 11 is 3.08. The highest BCUT2D eigenvalue weighted by Crippen LogP contribution is 2.34. The third-order valence-corrected chi connectivity index (χ3v) is 4.62. The number of thiazole rings is 1. The lowest BCUT2D eigenvalue weighted by Gasteiger charge is -2.16. The normalized spacial score (nSPS) is 11.8. The number of hydrogen-bond acceptors (Lipinski definition) is 6. The second-order valence-corrected chi connectivity index (χ2v) is 8.49. The Labute approximate surface area is 137 Å². The molecule has 0 aliphatic heterocycles. The number of aromatic nitrogens is 2. The van der Waals surface area contributed by atoms with E-state index in [1.807, 2.05) is 24.3 Å². The molecule has 0 amide bonds. The third-order valence-electron chi connectivity index (χ3n) is 2.78. The molecule has 0 spiro atoms. The smallest absolute Gasteiger partial charge is 0.138 e. The van der Waals surface area contributed by atoms with Gasteiger partial charge in [0.15, 0.2) is 0 Å². The minimum Gasteiger partial charge on any atom is -0.425 e. The van der Waals surface area contributed by atoms with Crippen molar-refractivity contribution in [3.8, 4) is 16.3 Å². The minimum absolute atomic E-state index is 0.0590. The minimum atomic E-state index is 0.0590. The Kier molecular flexibility index (Phi) is 3.97. The van der Waals surface area contributed by atoms with Gasteiger partial charge in [0, 0.05) is 22.6 Å². The highest BCUT2D eigenvalue weighted by Gasteiger charge is 2.14. The maximum absolute atomic E-state index is 5.78. The highest BCUT2D eigenvalue weighted by molar-refractivity contribution is 7.96. The number of anilines is 1. The molecule has 0 aliphatic rings. The van der Waals surface area contributed by atoms with Crippen molar-refractivity contribution in [1.82, 2.24) is 9.97 Å². The molecule has 1 aromatic carbocycles. The molecular weight excluding hydrogens is 314 g/mol. The molecule has 2 N–H and O–H groups in total. The second kappa shape index (κ2) is 5.78. The summed E-state index contributed by atoms with van der Waals surface area (Å²) in [5.74, 6) is 1.36. The quantitative estimate of drug-likeness (QED) is 0.701. The van der Waals surface area contributed by atoms with Gasteiger partial charge in [-0.25, -0.2) is 9.97 Å². The summed E-state index contributed by atoms with van der Waals surface area (Å²) in [6.07, 6.45) is 1.75. The van der Waals surface area contributed by atoms with Gasteiger partial charge in [-0.3, -0.25) is 0 Å². The molecule has 0 aliphatic carbocycles. The molecule has 3 rings (SSSR count). The Balaban J connectivity index is 1.88. The summed E-state index contributed by atoms with van der Waals surface area (Å²) in [5.41, 5.74) is 7.56. The zero-order chi connectivity index (χ0) is 15.7. The van der Waals surface area contributed by atoms with Gasteiger partial charge in [0.1, 0.15) is 16.6 Å². The van der Waals surface area contributed by atoms with Crippen LogP contribution < -0.4 is 9.92 Å². The van der Waals surface area contributed by atoms with Gasteiger partial charge in [0.2, 0.25) is 0 Å². The van der Waals surface area contributed by atoms with Crippen LogP contribution in [0.25, 0.3) is 20.8 Å². The Morgan fingerprint density at radius 1 is 1.18 bits per heavy atom. The fourth-order valence-corrected chi connectivity index (χ4v) is 3.22. The number of rotatable bonds is 3. The van der Waals surface area contributed by atoms with Crippen molar-refractivity contribution in [1.29, 1.82) is 0 Å². The first kappa shape index (κ1) is 15.1. The van der Waals surface area contributed by atoms with Crippen LogP contribution in [0.1, 0.15) is 20.8 Å². The molecule has 0 atom stereocenters. The predicted octanol–water partition coefficient (Wildman–Crippen LogP) is 4.77. The lowest BCUT2D eigenvalue weighted by Crippen LogP contribution is -2.09. The Morgan fingerprint density at radius 3 is 2.68 bits per heavy atom. The monoisotopic (exact) mass is 331 g/mol.